The summed E-state index contributed by atoms with van der Waals surface area (Å²) in [5.41, 5.74) is 2.65. The van der Waals surface area contributed by atoms with Gasteiger partial charge in [-0.15, -0.1) is 0 Å². The number of guanidine groups is 1. The monoisotopic (exact) mass is 360 g/mol. The van der Waals surface area contributed by atoms with Crippen LogP contribution >= 0.6 is 0 Å². The van der Waals surface area contributed by atoms with Crippen LogP contribution in [0.5, 0.6) is 0 Å². The highest BCUT2D eigenvalue weighted by Crippen LogP contribution is 2.18. The normalized spacial score (nSPS) is 16.1. The van der Waals surface area contributed by atoms with Crippen LogP contribution in [0.1, 0.15) is 37.3 Å². The standard InChI is InChI=1S/C21H36N4O/c1-5-22-21(25(4)13-10-18-11-14-26-15-12-18)23-16-19-8-6-7-9-20(19)17-24(2)3/h6-9,18H,5,10-17H2,1-4H3,(H,22,23). The van der Waals surface area contributed by atoms with Gasteiger partial charge in [0, 0.05) is 39.9 Å². The van der Waals surface area contributed by atoms with E-state index in [2.05, 4.69) is 67.4 Å². The van der Waals surface area contributed by atoms with Crippen LogP contribution in [-0.4, -0.2) is 63.2 Å². The number of ether oxygens (including phenoxy) is 1. The average Bonchev–Trinajstić information content (AvgIpc) is 2.64. The lowest BCUT2D eigenvalue weighted by Crippen LogP contribution is -2.40. The zero-order valence-electron chi connectivity index (χ0n) is 17.0. The van der Waals surface area contributed by atoms with Gasteiger partial charge in [0.05, 0.1) is 6.54 Å². The van der Waals surface area contributed by atoms with Crippen molar-refractivity contribution in [2.24, 2.45) is 10.9 Å². The molecule has 1 N–H and O–H groups in total. The molecule has 0 amide bonds. The molecule has 1 aliphatic rings. The van der Waals surface area contributed by atoms with Crippen LogP contribution in [0.4, 0.5) is 0 Å². The van der Waals surface area contributed by atoms with E-state index in [1.807, 2.05) is 0 Å². The number of nitrogens with one attached hydrogen (secondary N) is 1. The highest BCUT2D eigenvalue weighted by Gasteiger charge is 2.15. The van der Waals surface area contributed by atoms with E-state index in [9.17, 15) is 0 Å². The van der Waals surface area contributed by atoms with Gasteiger partial charge < -0.3 is 19.9 Å². The maximum atomic E-state index is 5.47. The molecule has 0 bridgehead atoms. The van der Waals surface area contributed by atoms with Crippen molar-refractivity contribution in [1.82, 2.24) is 15.1 Å². The lowest BCUT2D eigenvalue weighted by atomic mass is 9.96. The second kappa shape index (κ2) is 11.2. The molecule has 1 heterocycles. The lowest BCUT2D eigenvalue weighted by molar-refractivity contribution is 0.0625. The minimum Gasteiger partial charge on any atom is -0.381 e. The molecule has 146 valence electrons. The predicted octanol–water partition coefficient (Wildman–Crippen LogP) is 2.96. The van der Waals surface area contributed by atoms with E-state index in [4.69, 9.17) is 9.73 Å². The van der Waals surface area contributed by atoms with E-state index in [1.54, 1.807) is 0 Å². The number of rotatable bonds is 8. The summed E-state index contributed by atoms with van der Waals surface area (Å²) in [5, 5.41) is 3.44. The zero-order valence-corrected chi connectivity index (χ0v) is 17.0. The smallest absolute Gasteiger partial charge is 0.193 e. The Morgan fingerprint density at radius 3 is 2.50 bits per heavy atom. The minimum atomic E-state index is 0.716. The Bertz CT molecular complexity index is 553. The van der Waals surface area contributed by atoms with E-state index in [0.29, 0.717) is 6.54 Å². The number of benzene rings is 1. The summed E-state index contributed by atoms with van der Waals surface area (Å²) >= 11 is 0. The summed E-state index contributed by atoms with van der Waals surface area (Å²) in [7, 11) is 6.36. The number of hydrogen-bond donors (Lipinski definition) is 1. The van der Waals surface area contributed by atoms with Gasteiger partial charge in [0.1, 0.15) is 0 Å². The molecule has 2 rings (SSSR count). The van der Waals surface area contributed by atoms with Crippen molar-refractivity contribution in [3.8, 4) is 0 Å². The Hall–Kier alpha value is -1.59. The van der Waals surface area contributed by atoms with E-state index >= 15 is 0 Å². The first-order chi connectivity index (χ1) is 12.6. The quantitative estimate of drug-likeness (QED) is 0.572. The van der Waals surface area contributed by atoms with Gasteiger partial charge in [-0.25, -0.2) is 4.99 Å². The first-order valence-electron chi connectivity index (χ1n) is 9.88. The molecule has 1 aromatic carbocycles. The fourth-order valence-corrected chi connectivity index (χ4v) is 3.35. The molecule has 5 heteroatoms. The molecule has 5 nitrogen and oxygen atoms in total. The fraction of sp³-hybridized carbons (Fsp3) is 0.667. The van der Waals surface area contributed by atoms with Gasteiger partial charge in [-0.1, -0.05) is 24.3 Å². The Kier molecular flexibility index (Phi) is 8.92. The van der Waals surface area contributed by atoms with Crippen molar-refractivity contribution >= 4 is 5.96 Å². The lowest BCUT2D eigenvalue weighted by Gasteiger charge is -2.27. The first-order valence-corrected chi connectivity index (χ1v) is 9.88. The third-order valence-electron chi connectivity index (χ3n) is 4.91. The molecule has 26 heavy (non-hydrogen) atoms. The molecule has 1 fully saturated rings. The molecule has 1 aromatic rings. The number of hydrogen-bond acceptors (Lipinski definition) is 3. The van der Waals surface area contributed by atoms with Crippen LogP contribution in [0, 0.1) is 5.92 Å². The van der Waals surface area contributed by atoms with E-state index < -0.39 is 0 Å². The highest BCUT2D eigenvalue weighted by molar-refractivity contribution is 5.79. The van der Waals surface area contributed by atoms with Crippen molar-refractivity contribution < 1.29 is 4.74 Å². The molecule has 0 atom stereocenters. The Morgan fingerprint density at radius 1 is 1.15 bits per heavy atom. The van der Waals surface area contributed by atoms with Crippen LogP contribution in [0.15, 0.2) is 29.3 Å². The van der Waals surface area contributed by atoms with Crippen LogP contribution in [0.3, 0.4) is 0 Å². The topological polar surface area (TPSA) is 40.1 Å². The fourth-order valence-electron chi connectivity index (χ4n) is 3.35. The maximum Gasteiger partial charge on any atom is 0.193 e. The molecule has 0 aliphatic carbocycles. The second-order valence-electron chi connectivity index (χ2n) is 7.44. The molecule has 0 spiro atoms. The largest absolute Gasteiger partial charge is 0.381 e. The highest BCUT2D eigenvalue weighted by atomic mass is 16.5. The van der Waals surface area contributed by atoms with Gasteiger partial charge in [-0.3, -0.25) is 0 Å². The summed E-state index contributed by atoms with van der Waals surface area (Å²) in [6.45, 7) is 7.56. The summed E-state index contributed by atoms with van der Waals surface area (Å²) in [5.74, 6) is 1.79. The summed E-state index contributed by atoms with van der Waals surface area (Å²) in [4.78, 5) is 9.38. The van der Waals surface area contributed by atoms with Gasteiger partial charge in [0.15, 0.2) is 5.96 Å². The molecule has 1 aliphatic heterocycles. The number of nitrogens with zero attached hydrogens (tertiary/aromatic N) is 3. The Labute approximate surface area is 159 Å². The average molecular weight is 361 g/mol. The van der Waals surface area contributed by atoms with Crippen molar-refractivity contribution in [3.63, 3.8) is 0 Å². The third-order valence-corrected chi connectivity index (χ3v) is 4.91. The Balaban J connectivity index is 1.96. The minimum absolute atomic E-state index is 0.716. The predicted molar refractivity (Wildman–Crippen MR) is 109 cm³/mol. The summed E-state index contributed by atoms with van der Waals surface area (Å²) < 4.78 is 5.47. The van der Waals surface area contributed by atoms with Crippen molar-refractivity contribution in [2.75, 3.05) is 47.4 Å². The van der Waals surface area contributed by atoms with Crippen LogP contribution < -0.4 is 5.32 Å². The Morgan fingerprint density at radius 2 is 1.85 bits per heavy atom. The summed E-state index contributed by atoms with van der Waals surface area (Å²) in [6, 6.07) is 8.60. The SMILES string of the molecule is CCNC(=NCc1ccccc1CN(C)C)N(C)CCC1CCOCC1. The maximum absolute atomic E-state index is 5.47. The van der Waals surface area contributed by atoms with Crippen molar-refractivity contribution in [3.05, 3.63) is 35.4 Å². The molecule has 0 saturated carbocycles. The van der Waals surface area contributed by atoms with E-state index in [1.165, 1.54) is 30.4 Å². The first kappa shape index (κ1) is 20.7. The van der Waals surface area contributed by atoms with Crippen molar-refractivity contribution in [1.29, 1.82) is 0 Å². The molecule has 1 saturated heterocycles. The second-order valence-corrected chi connectivity index (χ2v) is 7.44. The van der Waals surface area contributed by atoms with Gasteiger partial charge in [-0.05, 0) is 57.3 Å². The molecule has 0 radical (unpaired) electrons. The van der Waals surface area contributed by atoms with Crippen molar-refractivity contribution in [2.45, 2.75) is 39.3 Å². The van der Waals surface area contributed by atoms with Gasteiger partial charge in [0.25, 0.3) is 0 Å². The van der Waals surface area contributed by atoms with Crippen LogP contribution in [-0.2, 0) is 17.8 Å². The molecular weight excluding hydrogens is 324 g/mol. The zero-order chi connectivity index (χ0) is 18.8. The summed E-state index contributed by atoms with van der Waals surface area (Å²) in [6.07, 6.45) is 3.60. The van der Waals surface area contributed by atoms with Gasteiger partial charge >= 0.3 is 0 Å². The molecule has 0 unspecified atom stereocenters. The molecular formula is C21H36N4O. The van der Waals surface area contributed by atoms with E-state index in [0.717, 1.165) is 44.7 Å². The third kappa shape index (κ3) is 6.96. The number of aliphatic imine (C=N–C) groups is 1. The molecule has 0 aromatic heterocycles. The van der Waals surface area contributed by atoms with Crippen LogP contribution in [0.25, 0.3) is 0 Å². The van der Waals surface area contributed by atoms with Crippen LogP contribution in [0.2, 0.25) is 0 Å². The van der Waals surface area contributed by atoms with Gasteiger partial charge in [-0.2, -0.15) is 0 Å². The van der Waals surface area contributed by atoms with E-state index in [-0.39, 0.29) is 0 Å². The van der Waals surface area contributed by atoms with Gasteiger partial charge in [0.2, 0.25) is 0 Å².